The molecule has 0 saturated heterocycles. The molecular weight excluding hydrogens is 332 g/mol. The molecule has 1 N–H and O–H groups in total. The first kappa shape index (κ1) is 20.8. The fourth-order valence-corrected chi connectivity index (χ4v) is 2.19. The summed E-state index contributed by atoms with van der Waals surface area (Å²) < 4.78 is 28.5. The summed E-state index contributed by atoms with van der Waals surface area (Å²) >= 11 is 0. The number of nitrogens with zero attached hydrogens (tertiary/aromatic N) is 2. The van der Waals surface area contributed by atoms with Gasteiger partial charge in [-0.2, -0.15) is 8.78 Å². The first-order chi connectivity index (χ1) is 11.8. The second kappa shape index (κ2) is 9.93. The van der Waals surface area contributed by atoms with Gasteiger partial charge in [0.2, 0.25) is 11.8 Å². The summed E-state index contributed by atoms with van der Waals surface area (Å²) in [7, 11) is 1.70. The number of likely N-dealkylation sites (N-methyl/N-ethyl adjacent to an activating group) is 2. The van der Waals surface area contributed by atoms with Crippen LogP contribution in [-0.4, -0.2) is 60.9 Å². The largest absolute Gasteiger partial charge is 0.435 e. The smallest absolute Gasteiger partial charge is 0.387 e. The quantitative estimate of drug-likeness (QED) is 0.737. The van der Waals surface area contributed by atoms with E-state index in [-0.39, 0.29) is 24.1 Å². The van der Waals surface area contributed by atoms with Crippen molar-refractivity contribution in [3.05, 3.63) is 24.3 Å². The molecule has 0 bridgehead atoms. The van der Waals surface area contributed by atoms with Crippen LogP contribution in [0.5, 0.6) is 5.75 Å². The number of nitrogens with one attached hydrogen (secondary N) is 1. The molecule has 0 aliphatic rings. The number of benzene rings is 1. The number of carbonyl (C=O) groups is 2. The maximum absolute atomic E-state index is 12.3. The van der Waals surface area contributed by atoms with Crippen LogP contribution in [-0.2, 0) is 9.59 Å². The van der Waals surface area contributed by atoms with Gasteiger partial charge in [0.05, 0.1) is 12.6 Å². The van der Waals surface area contributed by atoms with Gasteiger partial charge in [-0.15, -0.1) is 0 Å². The molecule has 0 spiro atoms. The number of hydrogen-bond donors (Lipinski definition) is 1. The summed E-state index contributed by atoms with van der Waals surface area (Å²) in [5.74, 6) is -0.319. The Morgan fingerprint density at radius 2 is 1.72 bits per heavy atom. The van der Waals surface area contributed by atoms with Crippen molar-refractivity contribution >= 4 is 17.5 Å². The van der Waals surface area contributed by atoms with E-state index in [0.29, 0.717) is 18.8 Å². The second-order valence-corrected chi connectivity index (χ2v) is 5.55. The van der Waals surface area contributed by atoms with Crippen LogP contribution in [0.25, 0.3) is 0 Å². The lowest BCUT2D eigenvalue weighted by atomic mass is 10.2. The van der Waals surface area contributed by atoms with Crippen molar-refractivity contribution in [2.75, 3.05) is 32.0 Å². The molecule has 0 aromatic heterocycles. The van der Waals surface area contributed by atoms with Crippen LogP contribution in [0.15, 0.2) is 24.3 Å². The average molecular weight is 357 g/mol. The molecule has 1 unspecified atom stereocenters. The third-order valence-electron chi connectivity index (χ3n) is 3.89. The molecule has 25 heavy (non-hydrogen) atoms. The minimum Gasteiger partial charge on any atom is -0.435 e. The molecule has 1 aromatic rings. The van der Waals surface area contributed by atoms with Crippen molar-refractivity contribution in [3.63, 3.8) is 0 Å². The SMILES string of the molecule is CCN(CC)C(=O)CN(C)C(C)C(=O)Nc1ccc(OC(F)F)cc1. The van der Waals surface area contributed by atoms with E-state index in [2.05, 4.69) is 10.1 Å². The average Bonchev–Trinajstić information content (AvgIpc) is 2.56. The van der Waals surface area contributed by atoms with E-state index in [1.165, 1.54) is 24.3 Å². The van der Waals surface area contributed by atoms with Crippen LogP contribution in [0.3, 0.4) is 0 Å². The third-order valence-corrected chi connectivity index (χ3v) is 3.89. The van der Waals surface area contributed by atoms with E-state index >= 15 is 0 Å². The fraction of sp³-hybridized carbons (Fsp3) is 0.529. The van der Waals surface area contributed by atoms with E-state index in [0.717, 1.165) is 0 Å². The van der Waals surface area contributed by atoms with Gasteiger partial charge in [0, 0.05) is 18.8 Å². The third kappa shape index (κ3) is 6.66. The first-order valence-corrected chi connectivity index (χ1v) is 8.12. The predicted molar refractivity (Wildman–Crippen MR) is 91.7 cm³/mol. The Hall–Kier alpha value is -2.22. The highest BCUT2D eigenvalue weighted by Gasteiger charge is 2.22. The van der Waals surface area contributed by atoms with Crippen LogP contribution in [0.4, 0.5) is 14.5 Å². The molecule has 1 rings (SSSR count). The number of ether oxygens (including phenoxy) is 1. The molecule has 140 valence electrons. The monoisotopic (exact) mass is 357 g/mol. The molecule has 0 heterocycles. The van der Waals surface area contributed by atoms with Crippen LogP contribution in [0, 0.1) is 0 Å². The number of alkyl halides is 2. The van der Waals surface area contributed by atoms with Gasteiger partial charge in [0.15, 0.2) is 0 Å². The molecule has 0 aliphatic carbocycles. The minimum absolute atomic E-state index is 0.0167. The van der Waals surface area contributed by atoms with E-state index in [1.807, 2.05) is 13.8 Å². The maximum Gasteiger partial charge on any atom is 0.387 e. The van der Waals surface area contributed by atoms with Crippen LogP contribution >= 0.6 is 0 Å². The number of rotatable bonds is 9. The lowest BCUT2D eigenvalue weighted by Gasteiger charge is -2.26. The van der Waals surface area contributed by atoms with Crippen molar-refractivity contribution in [2.45, 2.75) is 33.4 Å². The van der Waals surface area contributed by atoms with Gasteiger partial charge in [-0.25, -0.2) is 0 Å². The van der Waals surface area contributed by atoms with Gasteiger partial charge in [0.25, 0.3) is 0 Å². The molecule has 1 aromatic carbocycles. The van der Waals surface area contributed by atoms with E-state index in [1.54, 1.807) is 23.8 Å². The Labute approximate surface area is 146 Å². The van der Waals surface area contributed by atoms with Crippen molar-refractivity contribution in [3.8, 4) is 5.75 Å². The van der Waals surface area contributed by atoms with Gasteiger partial charge < -0.3 is 15.0 Å². The lowest BCUT2D eigenvalue weighted by Crippen LogP contribution is -2.46. The zero-order valence-electron chi connectivity index (χ0n) is 15.0. The van der Waals surface area contributed by atoms with E-state index in [9.17, 15) is 18.4 Å². The summed E-state index contributed by atoms with van der Waals surface area (Å²) in [5, 5.41) is 2.69. The van der Waals surface area contributed by atoms with Crippen molar-refractivity contribution in [1.29, 1.82) is 0 Å². The Balaban J connectivity index is 2.59. The molecule has 0 saturated carbocycles. The molecular formula is C17H25F2N3O3. The van der Waals surface area contributed by atoms with Gasteiger partial charge in [-0.1, -0.05) is 0 Å². The second-order valence-electron chi connectivity index (χ2n) is 5.55. The molecule has 2 amide bonds. The molecule has 6 nitrogen and oxygen atoms in total. The summed E-state index contributed by atoms with van der Waals surface area (Å²) in [6.07, 6.45) is 0. The van der Waals surface area contributed by atoms with Crippen LogP contribution in [0.2, 0.25) is 0 Å². The summed E-state index contributed by atoms with van der Waals surface area (Å²) in [6.45, 7) is 3.99. The van der Waals surface area contributed by atoms with Gasteiger partial charge in [-0.3, -0.25) is 14.5 Å². The highest BCUT2D eigenvalue weighted by Crippen LogP contribution is 2.18. The molecule has 0 aliphatic heterocycles. The van der Waals surface area contributed by atoms with Crippen molar-refractivity contribution in [2.24, 2.45) is 0 Å². The molecule has 0 fully saturated rings. The standard InChI is InChI=1S/C17H25F2N3O3/c1-5-22(6-2)15(23)11-21(4)12(3)16(24)20-13-7-9-14(10-8-13)25-17(18)19/h7-10,12,17H,5-6,11H2,1-4H3,(H,20,24). The first-order valence-electron chi connectivity index (χ1n) is 8.12. The highest BCUT2D eigenvalue weighted by molar-refractivity contribution is 5.95. The molecule has 1 atom stereocenters. The zero-order chi connectivity index (χ0) is 19.0. The van der Waals surface area contributed by atoms with Gasteiger partial charge >= 0.3 is 6.61 Å². The normalized spacial score (nSPS) is 12.2. The van der Waals surface area contributed by atoms with Crippen molar-refractivity contribution in [1.82, 2.24) is 9.80 Å². The Bertz CT molecular complexity index is 563. The Kier molecular flexibility index (Phi) is 8.27. The number of carbonyl (C=O) groups excluding carboxylic acids is 2. The van der Waals surface area contributed by atoms with Crippen molar-refractivity contribution < 1.29 is 23.1 Å². The predicted octanol–water partition coefficient (Wildman–Crippen LogP) is 2.42. The topological polar surface area (TPSA) is 61.9 Å². The zero-order valence-corrected chi connectivity index (χ0v) is 15.0. The summed E-state index contributed by atoms with van der Waals surface area (Å²) in [6, 6.07) is 5.11. The van der Waals surface area contributed by atoms with Crippen LogP contribution in [0.1, 0.15) is 20.8 Å². The fourth-order valence-electron chi connectivity index (χ4n) is 2.19. The number of amides is 2. The summed E-state index contributed by atoms with van der Waals surface area (Å²) in [4.78, 5) is 27.7. The van der Waals surface area contributed by atoms with Crippen LogP contribution < -0.4 is 10.1 Å². The Morgan fingerprint density at radius 1 is 1.16 bits per heavy atom. The molecule has 8 heteroatoms. The van der Waals surface area contributed by atoms with Gasteiger partial charge in [-0.05, 0) is 52.1 Å². The number of halogens is 2. The highest BCUT2D eigenvalue weighted by atomic mass is 19.3. The number of hydrogen-bond acceptors (Lipinski definition) is 4. The van der Waals surface area contributed by atoms with Gasteiger partial charge in [0.1, 0.15) is 5.75 Å². The maximum atomic E-state index is 12.3. The summed E-state index contributed by atoms with van der Waals surface area (Å²) in [5.41, 5.74) is 0.460. The molecule has 0 radical (unpaired) electrons. The van der Waals surface area contributed by atoms with E-state index in [4.69, 9.17) is 0 Å². The van der Waals surface area contributed by atoms with E-state index < -0.39 is 12.7 Å². The Morgan fingerprint density at radius 3 is 2.20 bits per heavy atom. The lowest BCUT2D eigenvalue weighted by molar-refractivity contribution is -0.133. The minimum atomic E-state index is -2.89. The number of anilines is 1.